The largest absolute Gasteiger partial charge is 0.478 e. The van der Waals surface area contributed by atoms with E-state index in [0.717, 1.165) is 22.6 Å². The predicted molar refractivity (Wildman–Crippen MR) is 134 cm³/mol. The molecular weight excluding hydrogens is 504 g/mol. The van der Waals surface area contributed by atoms with Crippen LogP contribution in [0.4, 0.5) is 17.1 Å². The number of aryl methyl sites for hydroxylation is 1. The highest BCUT2D eigenvalue weighted by atomic mass is 35.5. The highest BCUT2D eigenvalue weighted by Crippen LogP contribution is 2.28. The molecule has 3 aromatic carbocycles. The van der Waals surface area contributed by atoms with Crippen molar-refractivity contribution in [2.24, 2.45) is 0 Å². The zero-order valence-electron chi connectivity index (χ0n) is 19.3. The van der Waals surface area contributed by atoms with Gasteiger partial charge >= 0.3 is 5.97 Å². The van der Waals surface area contributed by atoms with Gasteiger partial charge in [-0.2, -0.15) is 0 Å². The van der Waals surface area contributed by atoms with Crippen LogP contribution in [0.2, 0.25) is 5.02 Å². The summed E-state index contributed by atoms with van der Waals surface area (Å²) < 4.78 is 0. The Morgan fingerprint density at radius 3 is 2.38 bits per heavy atom. The van der Waals surface area contributed by atoms with E-state index < -0.39 is 28.6 Å². The van der Waals surface area contributed by atoms with E-state index in [4.69, 9.17) is 16.7 Å². The second-order valence-electron chi connectivity index (χ2n) is 8.16. The van der Waals surface area contributed by atoms with E-state index in [9.17, 15) is 29.3 Å². The Labute approximate surface area is 214 Å². The van der Waals surface area contributed by atoms with E-state index in [1.165, 1.54) is 24.3 Å². The SMILES string of the molecule is Cc1ccc(Cl)cc1NC(=O)c1ccc(NCCN2C(=O)c3ccc(C(=O)O)cc3C2=O)c([N+](=O)[O-])c1. The Balaban J connectivity index is 1.46. The summed E-state index contributed by atoms with van der Waals surface area (Å²) in [5, 5.41) is 26.7. The third-order valence-corrected chi connectivity index (χ3v) is 6.01. The Hall–Kier alpha value is -4.77. The molecule has 1 aliphatic rings. The molecule has 0 fully saturated rings. The molecule has 0 aliphatic carbocycles. The van der Waals surface area contributed by atoms with Gasteiger partial charge in [0.15, 0.2) is 0 Å². The lowest BCUT2D eigenvalue weighted by Gasteiger charge is -2.15. The van der Waals surface area contributed by atoms with Crippen LogP contribution in [0, 0.1) is 17.0 Å². The molecule has 3 amide bonds. The summed E-state index contributed by atoms with van der Waals surface area (Å²) in [4.78, 5) is 61.0. The van der Waals surface area contributed by atoms with Crippen molar-refractivity contribution in [3.8, 4) is 0 Å². The third kappa shape index (κ3) is 5.11. The minimum absolute atomic E-state index is 0.0128. The number of hydrogen-bond donors (Lipinski definition) is 3. The van der Waals surface area contributed by atoms with Crippen molar-refractivity contribution in [3.05, 3.63) is 97.6 Å². The Bertz CT molecular complexity index is 1490. The lowest BCUT2D eigenvalue weighted by atomic mass is 10.1. The van der Waals surface area contributed by atoms with Gasteiger partial charge in [-0.15, -0.1) is 0 Å². The smallest absolute Gasteiger partial charge is 0.335 e. The van der Waals surface area contributed by atoms with Crippen LogP contribution in [0.5, 0.6) is 0 Å². The van der Waals surface area contributed by atoms with Crippen LogP contribution in [0.25, 0.3) is 0 Å². The van der Waals surface area contributed by atoms with Gasteiger partial charge in [-0.1, -0.05) is 17.7 Å². The maximum Gasteiger partial charge on any atom is 0.335 e. The summed E-state index contributed by atoms with van der Waals surface area (Å²) in [5.74, 6) is -3.03. The molecule has 1 aliphatic heterocycles. The molecule has 1 heterocycles. The number of aromatic carboxylic acids is 1. The van der Waals surface area contributed by atoms with Gasteiger partial charge in [0.25, 0.3) is 23.4 Å². The molecule has 0 spiro atoms. The van der Waals surface area contributed by atoms with Gasteiger partial charge in [-0.3, -0.25) is 29.4 Å². The molecule has 188 valence electrons. The van der Waals surface area contributed by atoms with E-state index in [0.29, 0.717) is 10.7 Å². The number of carboxylic acid groups (broad SMARTS) is 1. The number of carboxylic acids is 1. The number of carbonyl (C=O) groups is 4. The zero-order chi connectivity index (χ0) is 26.9. The first-order valence-electron chi connectivity index (χ1n) is 10.9. The maximum absolute atomic E-state index is 12.7. The minimum atomic E-state index is -1.23. The van der Waals surface area contributed by atoms with Gasteiger partial charge in [-0.05, 0) is 55.0 Å². The fourth-order valence-electron chi connectivity index (χ4n) is 3.83. The van der Waals surface area contributed by atoms with Crippen LogP contribution in [-0.2, 0) is 0 Å². The number of amides is 3. The number of halogens is 1. The molecule has 4 rings (SSSR count). The number of nitrogens with zero attached hydrogens (tertiary/aromatic N) is 2. The highest BCUT2D eigenvalue weighted by molar-refractivity contribution is 6.31. The molecule has 0 atom stereocenters. The molecule has 11 nitrogen and oxygen atoms in total. The van der Waals surface area contributed by atoms with Crippen molar-refractivity contribution in [1.29, 1.82) is 0 Å². The van der Waals surface area contributed by atoms with Gasteiger partial charge in [0.2, 0.25) is 0 Å². The highest BCUT2D eigenvalue weighted by Gasteiger charge is 2.35. The molecule has 0 saturated carbocycles. The number of benzene rings is 3. The van der Waals surface area contributed by atoms with Gasteiger partial charge in [-0.25, -0.2) is 4.79 Å². The van der Waals surface area contributed by atoms with Crippen LogP contribution < -0.4 is 10.6 Å². The molecule has 0 saturated heterocycles. The zero-order valence-corrected chi connectivity index (χ0v) is 20.0. The molecule has 3 N–H and O–H groups in total. The van der Waals surface area contributed by atoms with Crippen molar-refractivity contribution in [2.45, 2.75) is 6.92 Å². The van der Waals surface area contributed by atoms with Gasteiger partial charge in [0, 0.05) is 35.4 Å². The molecule has 0 bridgehead atoms. The predicted octanol–water partition coefficient (Wildman–Crippen LogP) is 4.22. The molecule has 0 radical (unpaired) electrons. The van der Waals surface area contributed by atoms with E-state index in [1.807, 2.05) is 0 Å². The summed E-state index contributed by atoms with van der Waals surface area (Å²) in [6, 6.07) is 12.5. The van der Waals surface area contributed by atoms with Crippen LogP contribution in [0.15, 0.2) is 54.6 Å². The van der Waals surface area contributed by atoms with Crippen LogP contribution in [-0.4, -0.2) is 51.7 Å². The van der Waals surface area contributed by atoms with E-state index in [1.54, 1.807) is 25.1 Å². The number of fused-ring (bicyclic) bond motifs is 1. The van der Waals surface area contributed by atoms with Crippen LogP contribution >= 0.6 is 11.6 Å². The van der Waals surface area contributed by atoms with Crippen LogP contribution in [0.3, 0.4) is 0 Å². The molecule has 12 heteroatoms. The number of nitro groups is 1. The number of nitrogens with one attached hydrogen (secondary N) is 2. The fourth-order valence-corrected chi connectivity index (χ4v) is 4.00. The fraction of sp³-hybridized carbons (Fsp3) is 0.120. The lowest BCUT2D eigenvalue weighted by Crippen LogP contribution is -2.34. The van der Waals surface area contributed by atoms with Crippen molar-refractivity contribution in [3.63, 3.8) is 0 Å². The molecule has 0 aromatic heterocycles. The standard InChI is InChI=1S/C25H19ClN4O7/c1-13-2-5-16(26)12-20(13)28-22(31)14-4-7-19(21(11-14)30(36)37)27-8-9-29-23(32)17-6-3-15(25(34)35)10-18(17)24(29)33/h2-7,10-12,27H,8-9H2,1H3,(H,28,31)(H,34,35). The van der Waals surface area contributed by atoms with Crippen molar-refractivity contribution < 1.29 is 29.2 Å². The second-order valence-corrected chi connectivity index (χ2v) is 8.59. The molecule has 37 heavy (non-hydrogen) atoms. The number of anilines is 2. The normalized spacial score (nSPS) is 12.3. The Kier molecular flexibility index (Phi) is 6.89. The van der Waals surface area contributed by atoms with E-state index >= 15 is 0 Å². The molecule has 3 aromatic rings. The number of rotatable bonds is 8. The average molecular weight is 523 g/mol. The lowest BCUT2D eigenvalue weighted by molar-refractivity contribution is -0.384. The van der Waals surface area contributed by atoms with Crippen LogP contribution in [0.1, 0.15) is 47.0 Å². The number of imide groups is 1. The maximum atomic E-state index is 12.7. The van der Waals surface area contributed by atoms with E-state index in [2.05, 4.69) is 10.6 Å². The summed E-state index contributed by atoms with van der Waals surface area (Å²) in [6.45, 7) is 1.63. The van der Waals surface area contributed by atoms with Crippen molar-refractivity contribution in [2.75, 3.05) is 23.7 Å². The average Bonchev–Trinajstić information content (AvgIpc) is 3.10. The first kappa shape index (κ1) is 25.3. The Morgan fingerprint density at radius 2 is 1.68 bits per heavy atom. The first-order chi connectivity index (χ1) is 17.6. The summed E-state index contributed by atoms with van der Waals surface area (Å²) in [7, 11) is 0. The minimum Gasteiger partial charge on any atom is -0.478 e. The first-order valence-corrected chi connectivity index (χ1v) is 11.3. The quantitative estimate of drug-likeness (QED) is 0.225. The number of carbonyl (C=O) groups excluding carboxylic acids is 3. The topological polar surface area (TPSA) is 159 Å². The number of hydrogen-bond acceptors (Lipinski definition) is 7. The summed E-state index contributed by atoms with van der Waals surface area (Å²) >= 11 is 5.98. The summed E-state index contributed by atoms with van der Waals surface area (Å²) in [6.07, 6.45) is 0. The van der Waals surface area contributed by atoms with Gasteiger partial charge in [0.05, 0.1) is 21.6 Å². The van der Waals surface area contributed by atoms with Crippen molar-refractivity contribution >= 4 is 52.4 Å². The van der Waals surface area contributed by atoms with Crippen molar-refractivity contribution in [1.82, 2.24) is 4.90 Å². The third-order valence-electron chi connectivity index (χ3n) is 5.77. The van der Waals surface area contributed by atoms with Gasteiger partial charge < -0.3 is 15.7 Å². The Morgan fingerprint density at radius 1 is 0.973 bits per heavy atom. The van der Waals surface area contributed by atoms with E-state index in [-0.39, 0.29) is 46.7 Å². The molecular formula is C25H19ClN4O7. The summed E-state index contributed by atoms with van der Waals surface area (Å²) in [5.41, 5.74) is 0.953. The second kappa shape index (κ2) is 10.1. The van der Waals surface area contributed by atoms with Gasteiger partial charge in [0.1, 0.15) is 5.69 Å². The molecule has 0 unspecified atom stereocenters. The number of nitro benzene ring substituents is 1. The monoisotopic (exact) mass is 522 g/mol.